The Morgan fingerprint density at radius 1 is 1.13 bits per heavy atom. The van der Waals surface area contributed by atoms with Crippen LogP contribution in [-0.4, -0.2) is 10.5 Å². The first kappa shape index (κ1) is 16.3. The van der Waals surface area contributed by atoms with Crippen LogP contribution in [0.15, 0.2) is 24.3 Å². The Morgan fingerprint density at radius 3 is 2.39 bits per heavy atom. The highest BCUT2D eigenvalue weighted by Crippen LogP contribution is 2.56. The lowest BCUT2D eigenvalue weighted by Crippen LogP contribution is -2.20. The van der Waals surface area contributed by atoms with Gasteiger partial charge in [0.2, 0.25) is 10.5 Å². The van der Waals surface area contributed by atoms with Gasteiger partial charge in [-0.05, 0) is 52.6 Å². The summed E-state index contributed by atoms with van der Waals surface area (Å²) in [5.41, 5.74) is 16.5. The summed E-state index contributed by atoms with van der Waals surface area (Å²) in [6.07, 6.45) is 0. The minimum Gasteiger partial charge on any atom is -0.414 e. The molecule has 1 aliphatic rings. The van der Waals surface area contributed by atoms with Crippen molar-refractivity contribution in [1.82, 2.24) is 0 Å². The third kappa shape index (κ3) is 2.34. The van der Waals surface area contributed by atoms with Crippen molar-refractivity contribution in [3.63, 3.8) is 0 Å². The Balaban J connectivity index is 2.45. The van der Waals surface area contributed by atoms with Crippen LogP contribution >= 0.6 is 0 Å². The van der Waals surface area contributed by atoms with Crippen molar-refractivity contribution in [1.29, 1.82) is 0 Å². The number of anilines is 1. The number of hydrogen-bond acceptors (Lipinski definition) is 2. The summed E-state index contributed by atoms with van der Waals surface area (Å²) in [6.45, 7) is 11.7. The van der Waals surface area contributed by atoms with Gasteiger partial charge in [-0.15, -0.1) is 0 Å². The van der Waals surface area contributed by atoms with Gasteiger partial charge in [0.15, 0.2) is 0 Å². The fraction of sp³-hybridized carbons (Fsp3) is 0.400. The molecule has 23 heavy (non-hydrogen) atoms. The van der Waals surface area contributed by atoms with Gasteiger partial charge in [0.25, 0.3) is 0 Å². The van der Waals surface area contributed by atoms with Gasteiger partial charge in [-0.25, -0.2) is 0 Å². The van der Waals surface area contributed by atoms with E-state index in [0.717, 1.165) is 16.8 Å². The van der Waals surface area contributed by atoms with E-state index in [1.807, 2.05) is 0 Å². The molecule has 0 fully saturated rings. The number of rotatable bonds is 2. The molecule has 0 saturated heterocycles. The smallest absolute Gasteiger partial charge is 0.246 e. The van der Waals surface area contributed by atoms with E-state index in [1.54, 1.807) is 0 Å². The molecule has 2 aromatic carbocycles. The Morgan fingerprint density at radius 2 is 1.78 bits per heavy atom. The van der Waals surface area contributed by atoms with E-state index >= 15 is 0 Å². The van der Waals surface area contributed by atoms with Crippen LogP contribution in [0.25, 0.3) is 11.1 Å². The second kappa shape index (κ2) is 5.50. The van der Waals surface area contributed by atoms with Crippen LogP contribution in [0.2, 0.25) is 0 Å². The summed E-state index contributed by atoms with van der Waals surface area (Å²) < 4.78 is 5.31. The number of nitrogens with two attached hydrogens (primary N) is 1. The zero-order valence-electron chi connectivity index (χ0n) is 14.6. The minimum absolute atomic E-state index is 0.107. The second-order valence-electron chi connectivity index (χ2n) is 7.61. The van der Waals surface area contributed by atoms with Crippen LogP contribution in [0, 0.1) is 19.3 Å². The molecule has 1 unspecified atom stereocenters. The Kier molecular flexibility index (Phi) is 3.89. The number of benzene rings is 2. The second-order valence-corrected chi connectivity index (χ2v) is 7.89. The highest BCUT2D eigenvalue weighted by atomic mass is 28.2. The predicted octanol–water partition coefficient (Wildman–Crippen LogP) is 4.64. The highest BCUT2D eigenvalue weighted by molar-refractivity contribution is 5.98. The first-order valence-corrected chi connectivity index (χ1v) is 8.49. The van der Waals surface area contributed by atoms with Crippen LogP contribution in [0.1, 0.15) is 54.5 Å². The summed E-state index contributed by atoms with van der Waals surface area (Å²) in [7, 11) is 3.17. The molecule has 0 saturated carbocycles. The molecule has 3 radical (unpaired) electrons. The minimum atomic E-state index is 0.107. The van der Waals surface area contributed by atoms with E-state index in [4.69, 9.17) is 10.2 Å². The number of nitrogen functional groups attached to an aromatic ring is 1. The lowest BCUT2D eigenvalue weighted by atomic mass is 9.73. The maximum absolute atomic E-state index is 6.48. The molecular weight excluding hydrogens is 298 g/mol. The molecule has 0 aromatic heterocycles. The molecule has 0 bridgehead atoms. The van der Waals surface area contributed by atoms with Crippen LogP contribution in [0.3, 0.4) is 0 Å². The normalized spacial score (nSPS) is 16.3. The van der Waals surface area contributed by atoms with Crippen LogP contribution in [0.5, 0.6) is 0 Å². The molecule has 0 amide bonds. The first-order chi connectivity index (χ1) is 10.8. The third-order valence-corrected chi connectivity index (χ3v) is 5.32. The molecule has 0 spiro atoms. The molecule has 0 aliphatic heterocycles. The van der Waals surface area contributed by atoms with Gasteiger partial charge in [0.05, 0.1) is 6.61 Å². The van der Waals surface area contributed by atoms with E-state index in [1.165, 1.54) is 27.8 Å². The van der Waals surface area contributed by atoms with Crippen LogP contribution in [-0.2, 0) is 11.0 Å². The molecule has 3 rings (SSSR count). The molecule has 1 atom stereocenters. The molecule has 2 nitrogen and oxygen atoms in total. The Labute approximate surface area is 142 Å². The highest BCUT2D eigenvalue weighted by Gasteiger charge is 2.40. The van der Waals surface area contributed by atoms with Gasteiger partial charge >= 0.3 is 0 Å². The molecule has 3 heteroatoms. The van der Waals surface area contributed by atoms with Gasteiger partial charge in [-0.3, -0.25) is 0 Å². The number of hydrogen-bond donors (Lipinski definition) is 1. The van der Waals surface area contributed by atoms with Crippen molar-refractivity contribution in [2.24, 2.45) is 5.41 Å². The fourth-order valence-corrected chi connectivity index (χ4v) is 4.18. The average molecular weight is 323 g/mol. The van der Waals surface area contributed by atoms with Gasteiger partial charge in [-0.2, -0.15) is 0 Å². The predicted molar refractivity (Wildman–Crippen MR) is 97.6 cm³/mol. The summed E-state index contributed by atoms with van der Waals surface area (Å²) in [4.78, 5) is 0. The fourth-order valence-electron chi connectivity index (χ4n) is 4.04. The third-order valence-electron chi connectivity index (χ3n) is 5.17. The van der Waals surface area contributed by atoms with Gasteiger partial charge in [-0.1, -0.05) is 45.0 Å². The van der Waals surface area contributed by atoms with Crippen molar-refractivity contribution < 1.29 is 4.43 Å². The van der Waals surface area contributed by atoms with E-state index in [0.29, 0.717) is 12.5 Å². The summed E-state index contributed by atoms with van der Waals surface area (Å²) in [6, 6.07) is 8.75. The van der Waals surface area contributed by atoms with Crippen LogP contribution < -0.4 is 5.73 Å². The van der Waals surface area contributed by atoms with Gasteiger partial charge in [0.1, 0.15) is 0 Å². The lowest BCUT2D eigenvalue weighted by Gasteiger charge is -2.31. The maximum atomic E-state index is 6.48. The van der Waals surface area contributed by atoms with Crippen molar-refractivity contribution >= 4 is 16.2 Å². The quantitative estimate of drug-likeness (QED) is 0.645. The molecule has 2 aromatic rings. The SMILES string of the molecule is Cc1c(C)c2c(c(CO[Si])c1N)C(C(C)(C)C)c1ccccc1-2. The zero-order chi connectivity index (χ0) is 16.9. The van der Waals surface area contributed by atoms with Crippen molar-refractivity contribution in [2.75, 3.05) is 5.73 Å². The Bertz CT molecular complexity index is 774. The van der Waals surface area contributed by atoms with E-state index in [2.05, 4.69) is 69.4 Å². The standard InChI is InChI=1S/C20H24NOSi/c1-11-12(2)19(21)15(10-22-23)17-16(11)13-8-6-7-9-14(13)18(17)20(3,4)5/h6-9,18H,10,21H2,1-5H3. The molecule has 2 N–H and O–H groups in total. The van der Waals surface area contributed by atoms with Crippen molar-refractivity contribution in [2.45, 2.75) is 47.1 Å². The molecule has 0 heterocycles. The van der Waals surface area contributed by atoms with Crippen molar-refractivity contribution in [3.8, 4) is 11.1 Å². The lowest BCUT2D eigenvalue weighted by molar-refractivity contribution is 0.327. The largest absolute Gasteiger partial charge is 0.414 e. The average Bonchev–Trinajstić information content (AvgIpc) is 2.84. The van der Waals surface area contributed by atoms with E-state index in [-0.39, 0.29) is 5.41 Å². The topological polar surface area (TPSA) is 35.2 Å². The number of fused-ring (bicyclic) bond motifs is 3. The van der Waals surface area contributed by atoms with Crippen LogP contribution in [0.4, 0.5) is 5.69 Å². The Hall–Kier alpha value is -1.58. The van der Waals surface area contributed by atoms with Gasteiger partial charge < -0.3 is 10.2 Å². The first-order valence-electron chi connectivity index (χ1n) is 8.08. The summed E-state index contributed by atoms with van der Waals surface area (Å²) in [5.74, 6) is 0.326. The molecule has 1 aliphatic carbocycles. The maximum Gasteiger partial charge on any atom is 0.246 e. The van der Waals surface area contributed by atoms with Crippen molar-refractivity contribution in [3.05, 3.63) is 52.1 Å². The summed E-state index contributed by atoms with van der Waals surface area (Å²) >= 11 is 0. The molecular formula is C20H24NOSi. The van der Waals surface area contributed by atoms with E-state index in [9.17, 15) is 0 Å². The summed E-state index contributed by atoms with van der Waals surface area (Å²) in [5, 5.41) is 0. The monoisotopic (exact) mass is 322 g/mol. The molecule has 119 valence electrons. The zero-order valence-corrected chi connectivity index (χ0v) is 15.6. The van der Waals surface area contributed by atoms with E-state index < -0.39 is 0 Å². The van der Waals surface area contributed by atoms with Gasteiger partial charge in [0, 0.05) is 17.2 Å².